The fraction of sp³-hybridized carbons (Fsp3) is 0.319. The van der Waals surface area contributed by atoms with Crippen LogP contribution >= 0.6 is 11.6 Å². The van der Waals surface area contributed by atoms with Gasteiger partial charge in [-0.1, -0.05) is 103 Å². The Labute approximate surface area is 503 Å². The minimum absolute atomic E-state index is 0.0994. The summed E-state index contributed by atoms with van der Waals surface area (Å²) in [5.41, 5.74) is 16.0. The molecule has 3 atom stereocenters. The first-order valence-corrected chi connectivity index (χ1v) is 29.9. The second kappa shape index (κ2) is 26.7. The number of nitrogens with one attached hydrogen (secondary N) is 1. The van der Waals surface area contributed by atoms with Crippen LogP contribution in [-0.2, 0) is 17.6 Å². The fourth-order valence-electron chi connectivity index (χ4n) is 11.8. The molecular weight excluding hydrogens is 1060 g/mol. The summed E-state index contributed by atoms with van der Waals surface area (Å²) in [6, 6.07) is 46.7. The molecule has 6 aromatic carbocycles. The number of aromatic nitrogens is 1. The molecule has 1 saturated heterocycles. The van der Waals surface area contributed by atoms with Crippen molar-refractivity contribution in [1.29, 1.82) is 0 Å². The van der Waals surface area contributed by atoms with E-state index in [4.69, 9.17) is 31.1 Å². The van der Waals surface area contributed by atoms with Crippen molar-refractivity contribution in [2.75, 3.05) is 113 Å². The van der Waals surface area contributed by atoms with E-state index in [0.717, 1.165) is 78.1 Å². The average Bonchev–Trinajstić information content (AvgIpc) is 3.01. The van der Waals surface area contributed by atoms with Crippen LogP contribution in [0.5, 0.6) is 11.5 Å². The molecule has 3 aliphatic heterocycles. The number of ether oxygens (including phenoxy) is 2. The van der Waals surface area contributed by atoms with Gasteiger partial charge < -0.3 is 39.3 Å². The van der Waals surface area contributed by atoms with Gasteiger partial charge in [0.2, 0.25) is 5.71 Å². The van der Waals surface area contributed by atoms with E-state index in [0.29, 0.717) is 22.8 Å². The van der Waals surface area contributed by atoms with Crippen LogP contribution in [0.1, 0.15) is 47.1 Å². The number of halogens is 1. The Morgan fingerprint density at radius 3 is 1.93 bits per heavy atom. The van der Waals surface area contributed by atoms with E-state index in [9.17, 15) is 0 Å². The smallest absolute Gasteiger partial charge is 0.203 e. The van der Waals surface area contributed by atoms with E-state index in [1.807, 2.05) is 84.8 Å². The highest BCUT2D eigenvalue weighted by atomic mass is 35.5. The Balaban J connectivity index is 0.000000125. The molecule has 0 spiro atoms. The van der Waals surface area contributed by atoms with E-state index >= 15 is 0 Å². The number of benzene rings is 6. The maximum atomic E-state index is 6.20. The van der Waals surface area contributed by atoms with Gasteiger partial charge in [0.25, 0.3) is 0 Å². The Bertz CT molecular complexity index is 3620. The standard InChI is InChI=1S/C21H27N.C17H16ClN3O.C17H19N3.C17H21N2O/c1-16(15-22(2)3)14-21-19-10-6-4-8-17(19)12-13-18-9-5-7-11-20(18)21;18-12-5-6-15-13(11-12)17(21-9-7-19-8-10-21)20-14-3-1-2-4-16(14)22-15;1-19(2)14-7-5-12-9-13-6-8-15(20(3)4)11-17(13)18-16(12)10-14;1-18(2)14-7-5-12-9-13-6-8-15(19(3)4)11-17(13)20-16(12)10-14/h4-11,16,21H,12-15H2,1-3H3;1-6,11,19H,7-10H2;5-11H,1-4H3;5-12,16H,1-4H3/q;;;+1. The van der Waals surface area contributed by atoms with Crippen molar-refractivity contribution < 1.29 is 14.0 Å². The first-order valence-electron chi connectivity index (χ1n) is 29.6. The van der Waals surface area contributed by atoms with Crippen molar-refractivity contribution in [3.63, 3.8) is 0 Å². The van der Waals surface area contributed by atoms with Crippen LogP contribution in [0.15, 0.2) is 198 Å². The number of aryl methyl sites for hydroxylation is 2. The zero-order valence-corrected chi connectivity index (χ0v) is 51.7. The number of anilines is 2. The number of hydrogen-bond donors (Lipinski definition) is 1. The molecule has 4 heterocycles. The third-order valence-corrected chi connectivity index (χ3v) is 16.5. The molecule has 0 radical (unpaired) electrons. The Morgan fingerprint density at radius 1 is 0.679 bits per heavy atom. The topological polar surface area (TPSA) is 75.0 Å². The third-order valence-electron chi connectivity index (χ3n) is 16.2. The number of allylic oxidation sites excluding steroid dienone is 4. The van der Waals surface area contributed by atoms with Crippen LogP contribution < -0.4 is 19.9 Å². The van der Waals surface area contributed by atoms with E-state index in [1.165, 1.54) is 58.4 Å². The highest BCUT2D eigenvalue weighted by Gasteiger charge is 2.31. The summed E-state index contributed by atoms with van der Waals surface area (Å²) in [5.74, 6) is 5.05. The van der Waals surface area contributed by atoms with Crippen LogP contribution in [-0.4, -0.2) is 145 Å². The van der Waals surface area contributed by atoms with Crippen LogP contribution in [0.3, 0.4) is 0 Å². The van der Waals surface area contributed by atoms with Crippen molar-refractivity contribution in [2.45, 2.75) is 38.2 Å². The summed E-state index contributed by atoms with van der Waals surface area (Å²) in [7, 11) is 20.7. The maximum Gasteiger partial charge on any atom is 0.203 e. The second-order valence-corrected chi connectivity index (χ2v) is 24.2. The molecule has 84 heavy (non-hydrogen) atoms. The van der Waals surface area contributed by atoms with Gasteiger partial charge in [-0.15, -0.1) is 0 Å². The van der Waals surface area contributed by atoms with E-state index < -0.39 is 0 Å². The number of aliphatic imine (C=N–C) groups is 1. The lowest BCUT2D eigenvalue weighted by atomic mass is 9.82. The summed E-state index contributed by atoms with van der Waals surface area (Å²) in [4.78, 5) is 20.6. The Kier molecular flexibility index (Phi) is 18.8. The molecular formula is C72H83ClN9O2+. The van der Waals surface area contributed by atoms with Gasteiger partial charge in [0.1, 0.15) is 43.2 Å². The van der Waals surface area contributed by atoms with Gasteiger partial charge in [0, 0.05) is 131 Å². The predicted molar refractivity (Wildman–Crippen MR) is 353 cm³/mol. The predicted octanol–water partition coefficient (Wildman–Crippen LogP) is 13.6. The second-order valence-electron chi connectivity index (χ2n) is 23.8. The molecule has 0 saturated carbocycles. The zero-order chi connectivity index (χ0) is 59.0. The number of hydrogen-bond acceptors (Lipinski definition) is 10. The van der Waals surface area contributed by atoms with Crippen molar-refractivity contribution in [1.82, 2.24) is 25.0 Å². The molecule has 434 valence electrons. The minimum atomic E-state index is 0.0994. The van der Waals surface area contributed by atoms with E-state index in [-0.39, 0.29) is 6.10 Å². The number of pyridine rings is 1. The minimum Gasteiger partial charge on any atom is -0.484 e. The van der Waals surface area contributed by atoms with Crippen LogP contribution in [0.4, 0.5) is 17.1 Å². The summed E-state index contributed by atoms with van der Waals surface area (Å²) in [6.45, 7) is 7.30. The maximum absolute atomic E-state index is 6.20. The van der Waals surface area contributed by atoms with Gasteiger partial charge >= 0.3 is 0 Å². The monoisotopic (exact) mass is 1140 g/mol. The molecule has 0 bridgehead atoms. The number of amidine groups is 1. The number of rotatable bonds is 7. The molecule has 11 nitrogen and oxygen atoms in total. The van der Waals surface area contributed by atoms with Crippen molar-refractivity contribution in [3.8, 4) is 11.5 Å². The van der Waals surface area contributed by atoms with Crippen LogP contribution in [0, 0.1) is 11.8 Å². The molecule has 1 aromatic heterocycles. The first-order chi connectivity index (χ1) is 40.5. The SMILES string of the molecule is CC(CC1c2ccccc2CCc2ccccc21)CN(C)C.CN(C)C1=CC2OC3=CC(=[N+](C)C)C=CC3=CC2C=C1.CN(C)c1ccc2cc3ccc(N(C)C)cc3nc2c1.Clc1ccc2c(c1)C(N1CCNCC1)=Nc1ccccc1O2. The molecule has 7 aromatic rings. The Morgan fingerprint density at radius 2 is 1.31 bits per heavy atom. The first kappa shape index (κ1) is 59.2. The van der Waals surface area contributed by atoms with Crippen molar-refractivity contribution in [2.24, 2.45) is 16.8 Å². The highest BCUT2D eigenvalue weighted by Crippen LogP contribution is 2.41. The van der Waals surface area contributed by atoms with Gasteiger partial charge in [-0.2, -0.15) is 0 Å². The largest absolute Gasteiger partial charge is 0.484 e. The molecule has 3 unspecified atom stereocenters. The number of para-hydroxylation sites is 2. The van der Waals surface area contributed by atoms with Crippen molar-refractivity contribution >= 4 is 62.0 Å². The number of piperazine rings is 1. The average molecular weight is 1140 g/mol. The molecule has 1 fully saturated rings. The quantitative estimate of drug-likeness (QED) is 0.124. The molecule has 13 rings (SSSR count). The van der Waals surface area contributed by atoms with Gasteiger partial charge in [-0.25, -0.2) is 14.6 Å². The lowest BCUT2D eigenvalue weighted by Crippen LogP contribution is -2.46. The summed E-state index contributed by atoms with van der Waals surface area (Å²) in [6.07, 6.45) is 18.9. The summed E-state index contributed by atoms with van der Waals surface area (Å²) < 4.78 is 14.4. The molecule has 3 aliphatic carbocycles. The van der Waals surface area contributed by atoms with E-state index in [2.05, 4.69) is 203 Å². The molecule has 1 N–H and O–H groups in total. The number of nitrogens with zero attached hydrogens (tertiary/aromatic N) is 8. The highest BCUT2D eigenvalue weighted by molar-refractivity contribution is 6.31. The summed E-state index contributed by atoms with van der Waals surface area (Å²) >= 11 is 6.20. The van der Waals surface area contributed by atoms with Gasteiger partial charge in [-0.05, 0) is 140 Å². The number of likely N-dealkylation sites (N-methyl/N-ethyl adjacent to an activating group) is 1. The number of fused-ring (bicyclic) bond motifs is 8. The molecule has 6 aliphatic rings. The summed E-state index contributed by atoms with van der Waals surface area (Å²) in [5, 5.41) is 6.42. The van der Waals surface area contributed by atoms with E-state index in [1.54, 1.807) is 22.3 Å². The Hall–Kier alpha value is -7.96. The molecule has 12 heteroatoms. The normalized spacial score (nSPS) is 17.6. The fourth-order valence-corrected chi connectivity index (χ4v) is 11.9. The lowest BCUT2D eigenvalue weighted by Gasteiger charge is -2.33. The zero-order valence-electron chi connectivity index (χ0n) is 51.0. The van der Waals surface area contributed by atoms with Crippen LogP contribution in [0.25, 0.3) is 21.8 Å². The van der Waals surface area contributed by atoms with Gasteiger partial charge in [-0.3, -0.25) is 0 Å². The van der Waals surface area contributed by atoms with Gasteiger partial charge in [0.15, 0.2) is 5.75 Å². The third kappa shape index (κ3) is 14.2. The van der Waals surface area contributed by atoms with Gasteiger partial charge in [0.05, 0.1) is 22.7 Å². The molecule has 0 amide bonds. The lowest BCUT2D eigenvalue weighted by molar-refractivity contribution is -0.462. The van der Waals surface area contributed by atoms with Crippen molar-refractivity contribution in [3.05, 3.63) is 226 Å². The van der Waals surface area contributed by atoms with Crippen LogP contribution in [0.2, 0.25) is 5.02 Å².